The van der Waals surface area contributed by atoms with Crippen molar-refractivity contribution < 1.29 is 13.2 Å². The molecule has 2 N–H and O–H groups in total. The molecule has 2 aromatic rings. The maximum atomic E-state index is 12.4. The van der Waals surface area contributed by atoms with Gasteiger partial charge in [0.15, 0.2) is 0 Å². The lowest BCUT2D eigenvalue weighted by atomic mass is 10.1. The van der Waals surface area contributed by atoms with Gasteiger partial charge in [-0.25, -0.2) is 13.1 Å². The molecule has 1 amide bonds. The van der Waals surface area contributed by atoms with E-state index in [2.05, 4.69) is 26.0 Å². The zero-order chi connectivity index (χ0) is 18.0. The van der Waals surface area contributed by atoms with Gasteiger partial charge >= 0.3 is 0 Å². The molecule has 3 rings (SSSR count). The smallest absolute Gasteiger partial charge is 0.251 e. The first-order chi connectivity index (χ1) is 11.9. The minimum Gasteiger partial charge on any atom is -0.345 e. The van der Waals surface area contributed by atoms with Gasteiger partial charge in [-0.15, -0.1) is 0 Å². The Morgan fingerprint density at radius 1 is 1.12 bits per heavy atom. The minimum atomic E-state index is -3.50. The van der Waals surface area contributed by atoms with Gasteiger partial charge < -0.3 is 5.32 Å². The molecule has 1 aliphatic rings. The first-order valence-corrected chi connectivity index (χ1v) is 10.3. The average Bonchev–Trinajstić information content (AvgIpc) is 3.38. The summed E-state index contributed by atoms with van der Waals surface area (Å²) in [4.78, 5) is 12.6. The molecular weight excluding hydrogens is 404 g/mol. The predicted molar refractivity (Wildman–Crippen MR) is 99.8 cm³/mol. The number of amides is 1. The fraction of sp³-hybridized carbons (Fsp3) is 0.278. The van der Waals surface area contributed by atoms with Crippen molar-refractivity contribution in [2.24, 2.45) is 0 Å². The molecule has 0 bridgehead atoms. The van der Waals surface area contributed by atoms with Crippen LogP contribution in [0.2, 0.25) is 0 Å². The lowest BCUT2D eigenvalue weighted by Gasteiger charge is -2.16. The molecule has 25 heavy (non-hydrogen) atoms. The van der Waals surface area contributed by atoms with E-state index in [0.29, 0.717) is 5.56 Å². The third kappa shape index (κ3) is 4.48. The summed E-state index contributed by atoms with van der Waals surface area (Å²) >= 11 is 3.47. The highest BCUT2D eigenvalue weighted by molar-refractivity contribution is 9.10. The van der Waals surface area contributed by atoms with Gasteiger partial charge in [-0.2, -0.15) is 0 Å². The zero-order valence-electron chi connectivity index (χ0n) is 13.7. The molecule has 0 unspecified atom stereocenters. The van der Waals surface area contributed by atoms with E-state index in [1.807, 2.05) is 31.2 Å². The number of carbonyl (C=O) groups excluding carboxylic acids is 1. The summed E-state index contributed by atoms with van der Waals surface area (Å²) in [6, 6.07) is 13.5. The second-order valence-electron chi connectivity index (χ2n) is 6.14. The highest BCUT2D eigenvalue weighted by Gasteiger charge is 2.28. The van der Waals surface area contributed by atoms with Gasteiger partial charge in [0.1, 0.15) is 0 Å². The van der Waals surface area contributed by atoms with Crippen molar-refractivity contribution in [2.45, 2.75) is 36.7 Å². The molecule has 1 fully saturated rings. The summed E-state index contributed by atoms with van der Waals surface area (Å²) in [5.74, 6) is -0.248. The first kappa shape index (κ1) is 18.1. The number of nitrogens with one attached hydrogen (secondary N) is 2. The Labute approximate surface area is 156 Å². The lowest BCUT2D eigenvalue weighted by molar-refractivity contribution is 0.0939. The number of carbonyl (C=O) groups is 1. The van der Waals surface area contributed by atoms with Crippen molar-refractivity contribution in [3.8, 4) is 0 Å². The molecule has 0 spiro atoms. The molecule has 0 aromatic heterocycles. The van der Waals surface area contributed by atoms with Gasteiger partial charge in [-0.3, -0.25) is 4.79 Å². The van der Waals surface area contributed by atoms with E-state index < -0.39 is 10.0 Å². The summed E-state index contributed by atoms with van der Waals surface area (Å²) in [5.41, 5.74) is 1.40. The Kier molecular flexibility index (Phi) is 5.27. The molecule has 0 radical (unpaired) electrons. The van der Waals surface area contributed by atoms with E-state index in [4.69, 9.17) is 0 Å². The third-order valence-electron chi connectivity index (χ3n) is 4.05. The summed E-state index contributed by atoms with van der Waals surface area (Å²) in [5, 5.41) is 2.92. The van der Waals surface area contributed by atoms with Crippen LogP contribution in [0.4, 0.5) is 0 Å². The van der Waals surface area contributed by atoms with Crippen LogP contribution in [-0.2, 0) is 10.0 Å². The Morgan fingerprint density at radius 2 is 1.76 bits per heavy atom. The van der Waals surface area contributed by atoms with Gasteiger partial charge in [-0.05, 0) is 55.7 Å². The van der Waals surface area contributed by atoms with E-state index in [1.165, 1.54) is 24.3 Å². The van der Waals surface area contributed by atoms with Crippen molar-refractivity contribution >= 4 is 31.9 Å². The second-order valence-corrected chi connectivity index (χ2v) is 8.70. The molecule has 0 saturated heterocycles. The molecule has 7 heteroatoms. The zero-order valence-corrected chi connectivity index (χ0v) is 16.1. The molecule has 0 heterocycles. The highest BCUT2D eigenvalue weighted by Crippen LogP contribution is 2.24. The number of halogens is 1. The summed E-state index contributed by atoms with van der Waals surface area (Å²) < 4.78 is 27.8. The quantitative estimate of drug-likeness (QED) is 0.748. The SMILES string of the molecule is C[C@H](NC(=O)c1ccc(S(=O)(=O)NC2CC2)cc1)c1ccccc1Br. The molecule has 1 aliphatic carbocycles. The molecule has 132 valence electrons. The van der Waals surface area contributed by atoms with Gasteiger partial charge in [0.25, 0.3) is 5.91 Å². The first-order valence-electron chi connectivity index (χ1n) is 8.04. The van der Waals surface area contributed by atoms with Gasteiger partial charge in [0, 0.05) is 16.1 Å². The fourth-order valence-corrected chi connectivity index (χ4v) is 4.39. The third-order valence-corrected chi connectivity index (χ3v) is 6.30. The van der Waals surface area contributed by atoms with Crippen molar-refractivity contribution in [3.05, 3.63) is 64.1 Å². The van der Waals surface area contributed by atoms with E-state index in [-0.39, 0.29) is 22.9 Å². The summed E-state index contributed by atoms with van der Waals surface area (Å²) in [6.07, 6.45) is 1.76. The fourth-order valence-electron chi connectivity index (χ4n) is 2.46. The molecule has 1 saturated carbocycles. The van der Waals surface area contributed by atoms with Crippen LogP contribution in [0.1, 0.15) is 41.7 Å². The van der Waals surface area contributed by atoms with Crippen LogP contribution in [0.5, 0.6) is 0 Å². The van der Waals surface area contributed by atoms with Crippen LogP contribution in [0.3, 0.4) is 0 Å². The Hall–Kier alpha value is -1.70. The Bertz CT molecular complexity index is 877. The predicted octanol–water partition coefficient (Wildman–Crippen LogP) is 3.38. The van der Waals surface area contributed by atoms with Crippen molar-refractivity contribution in [1.82, 2.24) is 10.0 Å². The van der Waals surface area contributed by atoms with Crippen molar-refractivity contribution in [3.63, 3.8) is 0 Å². The molecule has 2 aromatic carbocycles. The Morgan fingerprint density at radius 3 is 2.36 bits per heavy atom. The standard InChI is InChI=1S/C18H19BrN2O3S/c1-12(16-4-2-3-5-17(16)19)20-18(22)13-6-10-15(11-7-13)25(23,24)21-14-8-9-14/h2-7,10-12,14,21H,8-9H2,1H3,(H,20,22)/t12-/m0/s1. The number of rotatable bonds is 6. The van der Waals surface area contributed by atoms with Crippen molar-refractivity contribution in [1.29, 1.82) is 0 Å². The van der Waals surface area contributed by atoms with E-state index in [9.17, 15) is 13.2 Å². The van der Waals surface area contributed by atoms with Crippen LogP contribution >= 0.6 is 15.9 Å². The number of hydrogen-bond donors (Lipinski definition) is 2. The maximum absolute atomic E-state index is 12.4. The maximum Gasteiger partial charge on any atom is 0.251 e. The van der Waals surface area contributed by atoms with Gasteiger partial charge in [0.2, 0.25) is 10.0 Å². The van der Waals surface area contributed by atoms with Crippen LogP contribution < -0.4 is 10.0 Å². The van der Waals surface area contributed by atoms with Gasteiger partial charge in [-0.1, -0.05) is 34.1 Å². The topological polar surface area (TPSA) is 75.3 Å². The summed E-state index contributed by atoms with van der Waals surface area (Å²) in [6.45, 7) is 1.90. The van der Waals surface area contributed by atoms with E-state index >= 15 is 0 Å². The Balaban J connectivity index is 1.69. The average molecular weight is 423 g/mol. The molecule has 1 atom stereocenters. The van der Waals surface area contributed by atoms with Gasteiger partial charge in [0.05, 0.1) is 10.9 Å². The van der Waals surface area contributed by atoms with Crippen LogP contribution in [0, 0.1) is 0 Å². The van der Waals surface area contributed by atoms with E-state index in [0.717, 1.165) is 22.9 Å². The van der Waals surface area contributed by atoms with Crippen LogP contribution in [-0.4, -0.2) is 20.4 Å². The normalized spacial score (nSPS) is 15.6. The molecular formula is C18H19BrN2O3S. The van der Waals surface area contributed by atoms with Crippen LogP contribution in [0.15, 0.2) is 57.9 Å². The second kappa shape index (κ2) is 7.27. The minimum absolute atomic E-state index is 0.0538. The number of benzene rings is 2. The number of hydrogen-bond acceptors (Lipinski definition) is 3. The van der Waals surface area contributed by atoms with Crippen molar-refractivity contribution in [2.75, 3.05) is 0 Å². The highest BCUT2D eigenvalue weighted by atomic mass is 79.9. The largest absolute Gasteiger partial charge is 0.345 e. The molecule has 5 nitrogen and oxygen atoms in total. The molecule has 0 aliphatic heterocycles. The summed E-state index contributed by atoms with van der Waals surface area (Å²) in [7, 11) is -3.50. The monoisotopic (exact) mass is 422 g/mol. The van der Waals surface area contributed by atoms with Crippen LogP contribution in [0.25, 0.3) is 0 Å². The van der Waals surface area contributed by atoms with E-state index in [1.54, 1.807) is 0 Å². The lowest BCUT2D eigenvalue weighted by Crippen LogP contribution is -2.27. The number of sulfonamides is 1.